The molecule has 1 amide bonds. The van der Waals surface area contributed by atoms with E-state index in [0.717, 1.165) is 0 Å². The molecule has 2 aromatic rings. The van der Waals surface area contributed by atoms with E-state index in [1.165, 1.54) is 0 Å². The second kappa shape index (κ2) is 3.45. The van der Waals surface area contributed by atoms with Gasteiger partial charge in [0.1, 0.15) is 0 Å². The topological polar surface area (TPSA) is 68.0 Å². The van der Waals surface area contributed by atoms with Crippen LogP contribution >= 0.6 is 0 Å². The van der Waals surface area contributed by atoms with Gasteiger partial charge < -0.3 is 4.42 Å². The normalized spacial score (nSPS) is 10.4. The maximum atomic E-state index is 11.0. The maximum Gasteiger partial charge on any atom is 0.304 e. The van der Waals surface area contributed by atoms with E-state index in [1.54, 1.807) is 25.3 Å². The number of hydrogen-bond donors (Lipinski definition) is 1. The average Bonchev–Trinajstić information content (AvgIpc) is 2.59. The van der Waals surface area contributed by atoms with Gasteiger partial charge in [-0.1, -0.05) is 6.92 Å². The van der Waals surface area contributed by atoms with Crippen molar-refractivity contribution in [3.63, 3.8) is 0 Å². The number of nitrogens with one attached hydrogen (secondary N) is 1. The van der Waals surface area contributed by atoms with Gasteiger partial charge in [0.2, 0.25) is 11.6 Å². The van der Waals surface area contributed by atoms with Crippen LogP contribution in [-0.4, -0.2) is 15.9 Å². The monoisotopic (exact) mass is 191 g/mol. The first-order chi connectivity index (χ1) is 6.79. The van der Waals surface area contributed by atoms with Gasteiger partial charge in [0.05, 0.1) is 0 Å². The number of fused-ring (bicyclic) bond motifs is 1. The number of aromatic nitrogens is 2. The van der Waals surface area contributed by atoms with E-state index in [1.807, 2.05) is 0 Å². The summed E-state index contributed by atoms with van der Waals surface area (Å²) in [5.74, 6) is -0.128. The lowest BCUT2D eigenvalue weighted by Crippen LogP contribution is -2.09. The summed E-state index contributed by atoms with van der Waals surface area (Å²) in [6.07, 6.45) is 2.02. The van der Waals surface area contributed by atoms with E-state index in [4.69, 9.17) is 4.42 Å². The third-order valence-electron chi connectivity index (χ3n) is 1.73. The van der Waals surface area contributed by atoms with E-state index in [0.29, 0.717) is 17.7 Å². The minimum atomic E-state index is -0.128. The zero-order valence-electron chi connectivity index (χ0n) is 7.65. The molecule has 0 bridgehead atoms. The predicted molar refractivity (Wildman–Crippen MR) is 50.7 cm³/mol. The molecule has 0 aliphatic heterocycles. The van der Waals surface area contributed by atoms with Crippen LogP contribution in [-0.2, 0) is 4.79 Å². The molecule has 0 spiro atoms. The molecule has 0 radical (unpaired) electrons. The van der Waals surface area contributed by atoms with Crippen molar-refractivity contribution in [2.45, 2.75) is 13.3 Å². The third kappa shape index (κ3) is 1.56. The highest BCUT2D eigenvalue weighted by molar-refractivity contribution is 5.89. The quantitative estimate of drug-likeness (QED) is 0.782. The van der Waals surface area contributed by atoms with Crippen molar-refractivity contribution in [2.24, 2.45) is 0 Å². The number of nitrogens with zero attached hydrogens (tertiary/aromatic N) is 2. The minimum Gasteiger partial charge on any atom is -0.421 e. The van der Waals surface area contributed by atoms with Gasteiger partial charge in [-0.3, -0.25) is 10.1 Å². The molecule has 0 aliphatic carbocycles. The molecule has 14 heavy (non-hydrogen) atoms. The van der Waals surface area contributed by atoms with E-state index in [2.05, 4.69) is 15.3 Å². The van der Waals surface area contributed by atoms with Crippen LogP contribution in [0.2, 0.25) is 0 Å². The molecule has 0 saturated heterocycles. The van der Waals surface area contributed by atoms with Crippen molar-refractivity contribution < 1.29 is 9.21 Å². The molecule has 0 fully saturated rings. The van der Waals surface area contributed by atoms with E-state index in [9.17, 15) is 4.79 Å². The van der Waals surface area contributed by atoms with E-state index >= 15 is 0 Å². The van der Waals surface area contributed by atoms with Gasteiger partial charge in [0.15, 0.2) is 5.58 Å². The van der Waals surface area contributed by atoms with Crippen LogP contribution in [0.5, 0.6) is 0 Å². The fourth-order valence-corrected chi connectivity index (χ4v) is 1.03. The van der Waals surface area contributed by atoms with E-state index in [-0.39, 0.29) is 11.9 Å². The standard InChI is InChI=1S/C9H9N3O2/c1-2-7(13)11-9-12-8-6(14-9)4-3-5-10-8/h3-5H,2H2,1H3,(H,10,11,12,13). The van der Waals surface area contributed by atoms with Crippen LogP contribution in [0.3, 0.4) is 0 Å². The van der Waals surface area contributed by atoms with Crippen molar-refractivity contribution in [1.29, 1.82) is 0 Å². The lowest BCUT2D eigenvalue weighted by Gasteiger charge is -1.93. The predicted octanol–water partition coefficient (Wildman–Crippen LogP) is 1.57. The van der Waals surface area contributed by atoms with Crippen molar-refractivity contribution in [3.8, 4) is 0 Å². The van der Waals surface area contributed by atoms with Gasteiger partial charge in [-0.2, -0.15) is 4.98 Å². The molecule has 0 saturated carbocycles. The highest BCUT2D eigenvalue weighted by Gasteiger charge is 2.07. The summed E-state index contributed by atoms with van der Waals surface area (Å²) in [6.45, 7) is 1.76. The highest BCUT2D eigenvalue weighted by atomic mass is 16.4. The summed E-state index contributed by atoms with van der Waals surface area (Å²) in [4.78, 5) is 19.0. The van der Waals surface area contributed by atoms with Gasteiger partial charge in [-0.15, -0.1) is 0 Å². The molecular weight excluding hydrogens is 182 g/mol. The fraction of sp³-hybridized carbons (Fsp3) is 0.222. The van der Waals surface area contributed by atoms with Gasteiger partial charge in [0, 0.05) is 12.6 Å². The van der Waals surface area contributed by atoms with Gasteiger partial charge >= 0.3 is 6.01 Å². The molecule has 2 heterocycles. The average molecular weight is 191 g/mol. The molecule has 72 valence electrons. The SMILES string of the molecule is CCC(=O)Nc1nc2ncccc2o1. The summed E-state index contributed by atoms with van der Waals surface area (Å²) in [5, 5.41) is 2.52. The van der Waals surface area contributed by atoms with Crippen LogP contribution in [0.25, 0.3) is 11.2 Å². The number of pyridine rings is 1. The van der Waals surface area contributed by atoms with Crippen molar-refractivity contribution in [1.82, 2.24) is 9.97 Å². The molecule has 0 aliphatic rings. The third-order valence-corrected chi connectivity index (χ3v) is 1.73. The van der Waals surface area contributed by atoms with Gasteiger partial charge in [0.25, 0.3) is 0 Å². The number of carbonyl (C=O) groups is 1. The Morgan fingerprint density at radius 1 is 1.64 bits per heavy atom. The number of hydrogen-bond acceptors (Lipinski definition) is 4. The zero-order valence-corrected chi connectivity index (χ0v) is 7.65. The smallest absolute Gasteiger partial charge is 0.304 e. The molecule has 0 aromatic carbocycles. The molecule has 0 atom stereocenters. The van der Waals surface area contributed by atoms with Crippen molar-refractivity contribution >= 4 is 23.2 Å². The summed E-state index contributed by atoms with van der Waals surface area (Å²) in [6, 6.07) is 3.70. The van der Waals surface area contributed by atoms with E-state index < -0.39 is 0 Å². The summed E-state index contributed by atoms with van der Waals surface area (Å²) < 4.78 is 5.23. The second-order valence-corrected chi connectivity index (χ2v) is 2.75. The lowest BCUT2D eigenvalue weighted by molar-refractivity contribution is -0.116. The van der Waals surface area contributed by atoms with Crippen molar-refractivity contribution in [2.75, 3.05) is 5.32 Å². The number of anilines is 1. The molecule has 5 heteroatoms. The molecular formula is C9H9N3O2. The Hall–Kier alpha value is -1.91. The number of amides is 1. The number of oxazole rings is 1. The van der Waals surface area contributed by atoms with Gasteiger partial charge in [-0.05, 0) is 12.1 Å². The number of rotatable bonds is 2. The van der Waals surface area contributed by atoms with Gasteiger partial charge in [-0.25, -0.2) is 4.98 Å². The maximum absolute atomic E-state index is 11.0. The van der Waals surface area contributed by atoms with Crippen LogP contribution in [0, 0.1) is 0 Å². The van der Waals surface area contributed by atoms with Crippen LogP contribution in [0.15, 0.2) is 22.7 Å². The second-order valence-electron chi connectivity index (χ2n) is 2.75. The Morgan fingerprint density at radius 2 is 2.50 bits per heavy atom. The van der Waals surface area contributed by atoms with Crippen LogP contribution < -0.4 is 5.32 Å². The summed E-state index contributed by atoms with van der Waals surface area (Å²) in [5.41, 5.74) is 1.07. The largest absolute Gasteiger partial charge is 0.421 e. The summed E-state index contributed by atoms with van der Waals surface area (Å²) >= 11 is 0. The first kappa shape index (κ1) is 8.68. The van der Waals surface area contributed by atoms with Crippen molar-refractivity contribution in [3.05, 3.63) is 18.3 Å². The Balaban J connectivity index is 2.31. The Bertz CT molecular complexity index is 431. The van der Waals surface area contributed by atoms with Crippen LogP contribution in [0.1, 0.15) is 13.3 Å². The molecule has 1 N–H and O–H groups in total. The molecule has 5 nitrogen and oxygen atoms in total. The zero-order chi connectivity index (χ0) is 9.97. The molecule has 0 unspecified atom stereocenters. The Labute approximate surface area is 80.2 Å². The number of carbonyl (C=O) groups excluding carboxylic acids is 1. The molecule has 2 aromatic heterocycles. The first-order valence-electron chi connectivity index (χ1n) is 4.31. The molecule has 2 rings (SSSR count). The Kier molecular flexibility index (Phi) is 2.14. The minimum absolute atomic E-state index is 0.128. The fourth-order valence-electron chi connectivity index (χ4n) is 1.03. The summed E-state index contributed by atoms with van der Waals surface area (Å²) in [7, 11) is 0. The van der Waals surface area contributed by atoms with Crippen LogP contribution in [0.4, 0.5) is 6.01 Å². The first-order valence-corrected chi connectivity index (χ1v) is 4.31. The lowest BCUT2D eigenvalue weighted by atomic mass is 10.5. The highest BCUT2D eigenvalue weighted by Crippen LogP contribution is 2.15. The Morgan fingerprint density at radius 3 is 3.21 bits per heavy atom.